The minimum Gasteiger partial charge on any atom is -0.456 e. The van der Waals surface area contributed by atoms with Crippen LogP contribution in [0.3, 0.4) is 0 Å². The molecule has 1 aliphatic carbocycles. The van der Waals surface area contributed by atoms with Gasteiger partial charge in [0.05, 0.1) is 11.2 Å². The van der Waals surface area contributed by atoms with E-state index in [1.165, 1.54) is 27.6 Å². The summed E-state index contributed by atoms with van der Waals surface area (Å²) < 4.78 is 6.52. The number of hydrogen-bond acceptors (Lipinski definition) is 4. The van der Waals surface area contributed by atoms with Crippen LogP contribution >= 0.6 is 0 Å². The summed E-state index contributed by atoms with van der Waals surface area (Å²) >= 11 is 0. The van der Waals surface area contributed by atoms with Crippen LogP contribution in [-0.4, -0.2) is 15.0 Å². The number of rotatable bonds is 3. The highest BCUT2D eigenvalue weighted by atomic mass is 16.3. The molecule has 8 rings (SSSR count). The topological polar surface area (TPSA) is 51.8 Å². The molecular formula is C35H25N3O. The molecular weight excluding hydrogens is 478 g/mol. The summed E-state index contributed by atoms with van der Waals surface area (Å²) in [5.41, 5.74) is 10.4. The van der Waals surface area contributed by atoms with E-state index in [0.29, 0.717) is 5.82 Å². The van der Waals surface area contributed by atoms with Crippen LogP contribution in [0.5, 0.6) is 0 Å². The van der Waals surface area contributed by atoms with E-state index in [1.54, 1.807) is 0 Å². The Morgan fingerprint density at radius 2 is 1.56 bits per heavy atom. The van der Waals surface area contributed by atoms with Crippen LogP contribution in [0.25, 0.3) is 66.7 Å². The van der Waals surface area contributed by atoms with Crippen LogP contribution in [0, 0.1) is 0 Å². The summed E-state index contributed by atoms with van der Waals surface area (Å²) in [6, 6.07) is 33.6. The van der Waals surface area contributed by atoms with Gasteiger partial charge in [-0.25, -0.2) is 9.97 Å². The molecule has 3 aromatic heterocycles. The number of hydrogen-bond donors (Lipinski definition) is 0. The Balaban J connectivity index is 1.37. The zero-order chi connectivity index (χ0) is 26.1. The average molecular weight is 504 g/mol. The van der Waals surface area contributed by atoms with Gasteiger partial charge < -0.3 is 4.42 Å². The van der Waals surface area contributed by atoms with Crippen molar-refractivity contribution in [1.82, 2.24) is 15.0 Å². The Hall–Kier alpha value is -4.83. The molecule has 3 heterocycles. The molecule has 0 bridgehead atoms. The van der Waals surface area contributed by atoms with Crippen LogP contribution in [0.4, 0.5) is 0 Å². The zero-order valence-electron chi connectivity index (χ0n) is 21.8. The molecule has 39 heavy (non-hydrogen) atoms. The van der Waals surface area contributed by atoms with Crippen LogP contribution in [0.15, 0.2) is 108 Å². The normalized spacial score (nSPS) is 16.2. The van der Waals surface area contributed by atoms with Gasteiger partial charge in [0.15, 0.2) is 5.82 Å². The fraction of sp³-hybridized carbons (Fsp3) is 0.114. The fourth-order valence-corrected chi connectivity index (χ4v) is 6.35. The standard InChI is InChI=1S/C35H25N3O/c1-3-35(2)27-18-15-21(34-37-28-12-6-4-11-25(28)32(38-34)29-13-8-9-19-36-29)20-26(27)23-16-17-24-22-10-5-7-14-30(22)39-33(24)31(23)35/h4-20H,3H2,1-2H3. The lowest BCUT2D eigenvalue weighted by Crippen LogP contribution is -2.19. The maximum Gasteiger partial charge on any atom is 0.160 e. The number of benzene rings is 4. The second-order valence-electron chi connectivity index (χ2n) is 10.5. The maximum absolute atomic E-state index is 6.52. The average Bonchev–Trinajstić information content (AvgIpc) is 3.50. The Morgan fingerprint density at radius 3 is 2.41 bits per heavy atom. The van der Waals surface area contributed by atoms with Gasteiger partial charge in [-0.3, -0.25) is 4.98 Å². The third-order valence-electron chi connectivity index (χ3n) is 8.48. The Bertz CT molecular complexity index is 2080. The Labute approximate surface area is 226 Å². The fourth-order valence-electron chi connectivity index (χ4n) is 6.35. The van der Waals surface area contributed by atoms with Crippen molar-refractivity contribution in [3.05, 3.63) is 114 Å². The highest BCUT2D eigenvalue weighted by Crippen LogP contribution is 2.54. The van der Waals surface area contributed by atoms with Crippen LogP contribution in [0.1, 0.15) is 31.4 Å². The number of para-hydroxylation sites is 2. The van der Waals surface area contributed by atoms with Crippen molar-refractivity contribution in [3.8, 4) is 33.9 Å². The molecule has 4 aromatic carbocycles. The molecule has 7 aromatic rings. The van der Waals surface area contributed by atoms with Gasteiger partial charge in [-0.15, -0.1) is 0 Å². The van der Waals surface area contributed by atoms with E-state index in [2.05, 4.69) is 73.4 Å². The number of pyridine rings is 1. The van der Waals surface area contributed by atoms with Gasteiger partial charge in [-0.05, 0) is 59.5 Å². The predicted octanol–water partition coefficient (Wildman–Crippen LogP) is 8.95. The lowest BCUT2D eigenvalue weighted by Gasteiger charge is -2.25. The van der Waals surface area contributed by atoms with Crippen LogP contribution < -0.4 is 0 Å². The van der Waals surface area contributed by atoms with Crippen molar-refractivity contribution in [2.24, 2.45) is 0 Å². The lowest BCUT2D eigenvalue weighted by atomic mass is 9.77. The van der Waals surface area contributed by atoms with Gasteiger partial charge in [0, 0.05) is 38.9 Å². The molecule has 0 fully saturated rings. The molecule has 0 spiro atoms. The number of fused-ring (bicyclic) bond motifs is 8. The SMILES string of the molecule is CCC1(C)c2ccc(-c3nc(-c4ccccn4)c4ccccc4n3)cc2-c2ccc3c(oc4ccccc43)c21. The van der Waals surface area contributed by atoms with E-state index in [1.807, 2.05) is 48.7 Å². The van der Waals surface area contributed by atoms with E-state index in [-0.39, 0.29) is 5.41 Å². The molecule has 1 aliphatic rings. The van der Waals surface area contributed by atoms with Gasteiger partial charge >= 0.3 is 0 Å². The third-order valence-corrected chi connectivity index (χ3v) is 8.48. The largest absolute Gasteiger partial charge is 0.456 e. The summed E-state index contributed by atoms with van der Waals surface area (Å²) in [5, 5.41) is 3.34. The Kier molecular flexibility index (Phi) is 4.60. The smallest absolute Gasteiger partial charge is 0.160 e. The summed E-state index contributed by atoms with van der Waals surface area (Å²) in [6.45, 7) is 4.61. The first-order valence-corrected chi connectivity index (χ1v) is 13.4. The summed E-state index contributed by atoms with van der Waals surface area (Å²) in [4.78, 5) is 14.7. The van der Waals surface area contributed by atoms with E-state index in [4.69, 9.17) is 14.4 Å². The Morgan fingerprint density at radius 1 is 0.744 bits per heavy atom. The first-order valence-electron chi connectivity index (χ1n) is 13.4. The molecule has 1 atom stereocenters. The number of furan rings is 1. The van der Waals surface area contributed by atoms with Gasteiger partial charge in [0.1, 0.15) is 16.9 Å². The monoisotopic (exact) mass is 503 g/mol. The highest BCUT2D eigenvalue weighted by molar-refractivity contribution is 6.09. The maximum atomic E-state index is 6.52. The molecule has 0 N–H and O–H groups in total. The molecule has 0 radical (unpaired) electrons. The van der Waals surface area contributed by atoms with Crippen molar-refractivity contribution in [1.29, 1.82) is 0 Å². The quantitative estimate of drug-likeness (QED) is 0.241. The van der Waals surface area contributed by atoms with Crippen molar-refractivity contribution in [2.75, 3.05) is 0 Å². The molecule has 1 unspecified atom stereocenters. The summed E-state index contributed by atoms with van der Waals surface area (Å²) in [6.07, 6.45) is 2.78. The first-order chi connectivity index (χ1) is 19.2. The van der Waals surface area contributed by atoms with Gasteiger partial charge in [-0.1, -0.05) is 74.5 Å². The van der Waals surface area contributed by atoms with Crippen molar-refractivity contribution in [2.45, 2.75) is 25.7 Å². The van der Waals surface area contributed by atoms with Crippen LogP contribution in [0.2, 0.25) is 0 Å². The van der Waals surface area contributed by atoms with Crippen molar-refractivity contribution >= 4 is 32.8 Å². The molecule has 0 saturated carbocycles. The summed E-state index contributed by atoms with van der Waals surface area (Å²) in [5.74, 6) is 0.702. The molecule has 0 saturated heterocycles. The van der Waals surface area contributed by atoms with Gasteiger partial charge in [0.25, 0.3) is 0 Å². The second kappa shape index (κ2) is 8.08. The van der Waals surface area contributed by atoms with E-state index in [0.717, 1.165) is 50.8 Å². The van der Waals surface area contributed by atoms with Gasteiger partial charge in [0.2, 0.25) is 0 Å². The molecule has 4 nitrogen and oxygen atoms in total. The van der Waals surface area contributed by atoms with Gasteiger partial charge in [-0.2, -0.15) is 0 Å². The minimum atomic E-state index is -0.153. The molecule has 0 amide bonds. The number of nitrogens with zero attached hydrogens (tertiary/aromatic N) is 3. The molecule has 4 heteroatoms. The zero-order valence-corrected chi connectivity index (χ0v) is 21.8. The van der Waals surface area contributed by atoms with Crippen molar-refractivity contribution in [3.63, 3.8) is 0 Å². The minimum absolute atomic E-state index is 0.153. The molecule has 0 aliphatic heterocycles. The summed E-state index contributed by atoms with van der Waals surface area (Å²) in [7, 11) is 0. The highest BCUT2D eigenvalue weighted by Gasteiger charge is 2.41. The third kappa shape index (κ3) is 3.09. The van der Waals surface area contributed by atoms with Crippen molar-refractivity contribution < 1.29 is 4.42 Å². The van der Waals surface area contributed by atoms with E-state index >= 15 is 0 Å². The predicted molar refractivity (Wildman–Crippen MR) is 158 cm³/mol. The lowest BCUT2D eigenvalue weighted by molar-refractivity contribution is 0.553. The van der Waals surface area contributed by atoms with E-state index in [9.17, 15) is 0 Å². The van der Waals surface area contributed by atoms with Crippen LogP contribution in [-0.2, 0) is 5.41 Å². The first kappa shape index (κ1) is 22.2. The molecule has 186 valence electrons. The second-order valence-corrected chi connectivity index (χ2v) is 10.5. The number of aromatic nitrogens is 3. The van der Waals surface area contributed by atoms with E-state index < -0.39 is 0 Å².